The largest absolute Gasteiger partial charge is 0.368 e. The van der Waals surface area contributed by atoms with Crippen LogP contribution in [0.4, 0.5) is 5.69 Å². The molecule has 1 aromatic heterocycles. The Bertz CT molecular complexity index is 1090. The minimum absolute atomic E-state index is 0. The summed E-state index contributed by atoms with van der Waals surface area (Å²) in [5.41, 5.74) is 4.47. The van der Waals surface area contributed by atoms with E-state index >= 15 is 0 Å². The lowest BCUT2D eigenvalue weighted by atomic mass is 10.1. The van der Waals surface area contributed by atoms with Crippen molar-refractivity contribution in [2.24, 2.45) is 0 Å². The fourth-order valence-corrected chi connectivity index (χ4v) is 5.96. The number of halogens is 1. The lowest BCUT2D eigenvalue weighted by Crippen LogP contribution is -2.43. The smallest absolute Gasteiger partial charge is 0.268 e. The van der Waals surface area contributed by atoms with Crippen molar-refractivity contribution in [1.82, 2.24) is 9.29 Å². The van der Waals surface area contributed by atoms with Gasteiger partial charge in [0.05, 0.1) is 10.4 Å². The molecule has 4 rings (SSSR count). The average molecular weight is 420 g/mol. The van der Waals surface area contributed by atoms with Crippen LogP contribution >= 0.6 is 12.4 Å². The molecule has 2 aromatic carbocycles. The van der Waals surface area contributed by atoms with E-state index in [-0.39, 0.29) is 12.4 Å². The third-order valence-electron chi connectivity index (χ3n) is 5.25. The van der Waals surface area contributed by atoms with Gasteiger partial charge in [0.1, 0.15) is 0 Å². The maximum atomic E-state index is 13.5. The summed E-state index contributed by atoms with van der Waals surface area (Å²) in [6, 6.07) is 11.7. The van der Waals surface area contributed by atoms with E-state index in [2.05, 4.69) is 16.3 Å². The van der Waals surface area contributed by atoms with Crippen LogP contribution < -0.4 is 10.2 Å². The lowest BCUT2D eigenvalue weighted by molar-refractivity contribution is 0.587. The van der Waals surface area contributed by atoms with Gasteiger partial charge >= 0.3 is 0 Å². The number of hydrogen-bond acceptors (Lipinski definition) is 4. The molecule has 1 fully saturated rings. The molecule has 5 nitrogen and oxygen atoms in total. The van der Waals surface area contributed by atoms with E-state index in [1.165, 1.54) is 3.97 Å². The summed E-state index contributed by atoms with van der Waals surface area (Å²) in [6.07, 6.45) is 1.68. The Balaban J connectivity index is 0.00000225. The number of aromatic nitrogens is 1. The summed E-state index contributed by atoms with van der Waals surface area (Å²) >= 11 is 0. The molecule has 1 aliphatic heterocycles. The van der Waals surface area contributed by atoms with Gasteiger partial charge in [0.2, 0.25) is 0 Å². The van der Waals surface area contributed by atoms with Crippen LogP contribution in [0.1, 0.15) is 16.7 Å². The van der Waals surface area contributed by atoms with Crippen molar-refractivity contribution in [2.45, 2.75) is 25.7 Å². The zero-order valence-corrected chi connectivity index (χ0v) is 18.0. The van der Waals surface area contributed by atoms with Gasteiger partial charge in [-0.1, -0.05) is 23.8 Å². The molecule has 0 atom stereocenters. The molecule has 3 aromatic rings. The lowest BCUT2D eigenvalue weighted by Gasteiger charge is -2.30. The molecule has 0 spiro atoms. The minimum Gasteiger partial charge on any atom is -0.368 e. The number of rotatable bonds is 3. The van der Waals surface area contributed by atoms with Crippen LogP contribution in [0.5, 0.6) is 0 Å². The maximum Gasteiger partial charge on any atom is 0.268 e. The van der Waals surface area contributed by atoms with Gasteiger partial charge in [0.25, 0.3) is 10.0 Å². The molecular weight excluding hydrogens is 394 g/mol. The summed E-state index contributed by atoms with van der Waals surface area (Å²) in [4.78, 5) is 2.72. The third-order valence-corrected chi connectivity index (χ3v) is 7.25. The Kier molecular flexibility index (Phi) is 5.75. The quantitative estimate of drug-likeness (QED) is 0.704. The van der Waals surface area contributed by atoms with E-state index in [4.69, 9.17) is 0 Å². The van der Waals surface area contributed by atoms with Gasteiger partial charge in [-0.15, -0.1) is 12.4 Å². The van der Waals surface area contributed by atoms with Crippen LogP contribution in [0.25, 0.3) is 10.9 Å². The first-order valence-electron chi connectivity index (χ1n) is 9.29. The van der Waals surface area contributed by atoms with Crippen molar-refractivity contribution < 1.29 is 8.42 Å². The summed E-state index contributed by atoms with van der Waals surface area (Å²) in [7, 11) is -3.66. The number of benzene rings is 2. The molecule has 0 bridgehead atoms. The minimum atomic E-state index is -3.66. The van der Waals surface area contributed by atoms with E-state index in [0.29, 0.717) is 4.90 Å². The standard InChI is InChI=1S/C21H25N3O2S.ClH/c1-15-13-16(2)21(17(3)14-15)27(25,26)24-10-7-18-19(5-4-6-20(18)24)23-11-8-22-9-12-23;/h4-7,10,13-14,22H,8-9,11-12H2,1-3H3;1H. The second-order valence-electron chi connectivity index (χ2n) is 7.29. The van der Waals surface area contributed by atoms with Crippen molar-refractivity contribution in [3.05, 3.63) is 59.3 Å². The maximum absolute atomic E-state index is 13.5. The Morgan fingerprint density at radius 3 is 2.25 bits per heavy atom. The van der Waals surface area contributed by atoms with Gasteiger partial charge in [0, 0.05) is 43.4 Å². The highest BCUT2D eigenvalue weighted by Gasteiger charge is 2.24. The van der Waals surface area contributed by atoms with Crippen LogP contribution in [-0.2, 0) is 10.0 Å². The first-order chi connectivity index (χ1) is 12.9. The molecule has 28 heavy (non-hydrogen) atoms. The molecular formula is C21H26ClN3O2S. The van der Waals surface area contributed by atoms with E-state index < -0.39 is 10.0 Å². The van der Waals surface area contributed by atoms with Crippen molar-refractivity contribution in [1.29, 1.82) is 0 Å². The Morgan fingerprint density at radius 2 is 1.61 bits per heavy atom. The van der Waals surface area contributed by atoms with Crippen LogP contribution in [0.2, 0.25) is 0 Å². The number of fused-ring (bicyclic) bond motifs is 1. The van der Waals surface area contributed by atoms with Crippen molar-refractivity contribution in [2.75, 3.05) is 31.1 Å². The highest BCUT2D eigenvalue weighted by molar-refractivity contribution is 7.90. The van der Waals surface area contributed by atoms with E-state index in [1.54, 1.807) is 6.20 Å². The van der Waals surface area contributed by atoms with Crippen molar-refractivity contribution >= 4 is 39.0 Å². The Morgan fingerprint density at radius 1 is 0.964 bits per heavy atom. The summed E-state index contributed by atoms with van der Waals surface area (Å²) in [5, 5.41) is 4.33. The molecule has 0 aliphatic carbocycles. The van der Waals surface area contributed by atoms with E-state index in [0.717, 1.165) is 59.5 Å². The van der Waals surface area contributed by atoms with Gasteiger partial charge in [-0.2, -0.15) is 0 Å². The number of nitrogens with one attached hydrogen (secondary N) is 1. The monoisotopic (exact) mass is 419 g/mol. The van der Waals surface area contributed by atoms with Gasteiger partial charge < -0.3 is 10.2 Å². The molecule has 0 amide bonds. The molecule has 0 saturated carbocycles. The molecule has 150 valence electrons. The van der Waals surface area contributed by atoms with Gasteiger partial charge in [-0.3, -0.25) is 0 Å². The van der Waals surface area contributed by atoms with Crippen LogP contribution in [0.15, 0.2) is 47.5 Å². The second kappa shape index (κ2) is 7.78. The highest BCUT2D eigenvalue weighted by atomic mass is 35.5. The average Bonchev–Trinajstić information content (AvgIpc) is 3.06. The Hall–Kier alpha value is -2.02. The fourth-order valence-electron chi connectivity index (χ4n) is 4.19. The number of aryl methyl sites for hydroxylation is 3. The highest BCUT2D eigenvalue weighted by Crippen LogP contribution is 2.32. The molecule has 2 heterocycles. The van der Waals surface area contributed by atoms with E-state index in [1.807, 2.05) is 51.1 Å². The first-order valence-corrected chi connectivity index (χ1v) is 10.7. The van der Waals surface area contributed by atoms with Gasteiger partial charge in [-0.25, -0.2) is 12.4 Å². The predicted molar refractivity (Wildman–Crippen MR) is 118 cm³/mol. The summed E-state index contributed by atoms with van der Waals surface area (Å²) < 4.78 is 28.4. The van der Waals surface area contributed by atoms with Crippen LogP contribution in [0.3, 0.4) is 0 Å². The molecule has 0 radical (unpaired) electrons. The number of piperazine rings is 1. The number of hydrogen-bond donors (Lipinski definition) is 1. The molecule has 1 saturated heterocycles. The zero-order valence-electron chi connectivity index (χ0n) is 16.4. The van der Waals surface area contributed by atoms with Crippen molar-refractivity contribution in [3.8, 4) is 0 Å². The normalized spacial score (nSPS) is 14.9. The third kappa shape index (κ3) is 3.41. The van der Waals surface area contributed by atoms with Crippen LogP contribution in [-0.4, -0.2) is 38.6 Å². The second-order valence-corrected chi connectivity index (χ2v) is 9.04. The zero-order chi connectivity index (χ0) is 19.2. The van der Waals surface area contributed by atoms with Gasteiger partial charge in [0.15, 0.2) is 0 Å². The van der Waals surface area contributed by atoms with E-state index in [9.17, 15) is 8.42 Å². The van der Waals surface area contributed by atoms with Crippen molar-refractivity contribution in [3.63, 3.8) is 0 Å². The molecule has 7 heteroatoms. The molecule has 1 N–H and O–H groups in total. The number of nitrogens with zero attached hydrogens (tertiary/aromatic N) is 2. The predicted octanol–water partition coefficient (Wildman–Crippen LogP) is 3.63. The SMILES string of the molecule is Cc1cc(C)c(S(=O)(=O)n2ccc3c(N4CCNCC4)cccc32)c(C)c1.Cl. The summed E-state index contributed by atoms with van der Waals surface area (Å²) in [5.74, 6) is 0. The molecule has 0 unspecified atom stereocenters. The number of anilines is 1. The topological polar surface area (TPSA) is 54.3 Å². The first kappa shape index (κ1) is 20.7. The molecule has 1 aliphatic rings. The van der Waals surface area contributed by atoms with Gasteiger partial charge in [-0.05, 0) is 50.1 Å². The summed E-state index contributed by atoms with van der Waals surface area (Å²) in [6.45, 7) is 9.45. The van der Waals surface area contributed by atoms with Crippen LogP contribution in [0, 0.1) is 20.8 Å². The Labute approximate surface area is 172 Å². The fraction of sp³-hybridized carbons (Fsp3) is 0.333.